The summed E-state index contributed by atoms with van der Waals surface area (Å²) in [6.45, 7) is 8.17. The van der Waals surface area contributed by atoms with Gasteiger partial charge in [-0.3, -0.25) is 0 Å². The number of oxazole rings is 1. The zero-order valence-corrected chi connectivity index (χ0v) is 12.1. The molecular formula is C14H20N2OS. The van der Waals surface area contributed by atoms with Crippen LogP contribution in [-0.2, 0) is 5.41 Å². The van der Waals surface area contributed by atoms with Crippen molar-refractivity contribution in [3.63, 3.8) is 0 Å². The predicted octanol–water partition coefficient (Wildman–Crippen LogP) is 2.93. The second-order valence-electron chi connectivity index (χ2n) is 5.20. The molecule has 1 heterocycles. The van der Waals surface area contributed by atoms with Crippen LogP contribution in [0, 0.1) is 6.92 Å². The van der Waals surface area contributed by atoms with Crippen molar-refractivity contribution in [1.29, 1.82) is 0 Å². The Hall–Kier alpha value is -1.00. The van der Waals surface area contributed by atoms with Gasteiger partial charge in [-0.1, -0.05) is 19.9 Å². The molecule has 0 bridgehead atoms. The third kappa shape index (κ3) is 2.87. The summed E-state index contributed by atoms with van der Waals surface area (Å²) in [5.41, 5.74) is 3.12. The van der Waals surface area contributed by atoms with Crippen LogP contribution in [0.15, 0.2) is 22.6 Å². The van der Waals surface area contributed by atoms with E-state index in [-0.39, 0.29) is 5.41 Å². The van der Waals surface area contributed by atoms with Crippen molar-refractivity contribution in [3.8, 4) is 0 Å². The Kier molecular flexibility index (Phi) is 3.97. The lowest BCUT2D eigenvalue weighted by Crippen LogP contribution is -2.33. The van der Waals surface area contributed by atoms with E-state index in [1.165, 1.54) is 5.56 Å². The summed E-state index contributed by atoms with van der Waals surface area (Å²) in [7, 11) is 0. The highest BCUT2D eigenvalue weighted by Crippen LogP contribution is 2.26. The third-order valence-corrected chi connectivity index (χ3v) is 3.36. The molecular weight excluding hydrogens is 244 g/mol. The average Bonchev–Trinajstić information content (AvgIpc) is 2.68. The quantitative estimate of drug-likeness (QED) is 0.644. The van der Waals surface area contributed by atoms with Crippen LogP contribution < -0.4 is 5.32 Å². The smallest absolute Gasteiger partial charge is 0.192 e. The Morgan fingerprint density at radius 2 is 2.17 bits per heavy atom. The number of benzene rings is 1. The highest BCUT2D eigenvalue weighted by Gasteiger charge is 2.21. The molecule has 0 saturated carbocycles. The Balaban J connectivity index is 2.23. The van der Waals surface area contributed by atoms with Gasteiger partial charge in [-0.15, -0.1) is 0 Å². The van der Waals surface area contributed by atoms with E-state index in [0.29, 0.717) is 5.89 Å². The fraction of sp³-hybridized carbons (Fsp3) is 0.500. The molecule has 0 aliphatic rings. The maximum absolute atomic E-state index is 5.59. The van der Waals surface area contributed by atoms with Gasteiger partial charge in [0, 0.05) is 31.2 Å². The van der Waals surface area contributed by atoms with Gasteiger partial charge >= 0.3 is 0 Å². The molecule has 0 atom stereocenters. The van der Waals surface area contributed by atoms with Crippen LogP contribution in [0.2, 0.25) is 0 Å². The minimum absolute atomic E-state index is 0.0673. The summed E-state index contributed by atoms with van der Waals surface area (Å²) in [5.74, 6) is 1.57. The van der Waals surface area contributed by atoms with Crippen LogP contribution in [0.3, 0.4) is 0 Å². The Labute approximate surface area is 113 Å². The van der Waals surface area contributed by atoms with Crippen LogP contribution in [0.5, 0.6) is 0 Å². The Morgan fingerprint density at radius 1 is 1.39 bits per heavy atom. The van der Waals surface area contributed by atoms with E-state index < -0.39 is 0 Å². The van der Waals surface area contributed by atoms with Crippen LogP contribution in [-0.4, -0.2) is 23.8 Å². The van der Waals surface area contributed by atoms with E-state index in [1.54, 1.807) is 0 Å². The van der Waals surface area contributed by atoms with E-state index in [0.717, 1.165) is 29.9 Å². The minimum atomic E-state index is 0.0673. The molecule has 1 N–H and O–H groups in total. The molecule has 0 spiro atoms. The van der Waals surface area contributed by atoms with Crippen LogP contribution in [0.25, 0.3) is 11.1 Å². The van der Waals surface area contributed by atoms with Gasteiger partial charge in [-0.25, -0.2) is 4.98 Å². The number of rotatable bonds is 5. The maximum atomic E-state index is 5.59. The molecule has 0 radical (unpaired) electrons. The van der Waals surface area contributed by atoms with E-state index >= 15 is 0 Å². The molecule has 3 nitrogen and oxygen atoms in total. The van der Waals surface area contributed by atoms with E-state index in [4.69, 9.17) is 4.42 Å². The number of hydrogen-bond acceptors (Lipinski definition) is 4. The maximum Gasteiger partial charge on any atom is 0.192 e. The van der Waals surface area contributed by atoms with Gasteiger partial charge in [-0.05, 0) is 17.7 Å². The SMILES string of the molecule is Cc1nc2ccc(C(C)(C)CNCCS)cc2o1. The molecule has 0 aliphatic heterocycles. The number of aryl methyl sites for hydroxylation is 1. The van der Waals surface area contributed by atoms with Gasteiger partial charge in [0.15, 0.2) is 11.5 Å². The number of hydrogen-bond donors (Lipinski definition) is 2. The van der Waals surface area contributed by atoms with E-state index in [1.807, 2.05) is 13.0 Å². The fourth-order valence-electron chi connectivity index (χ4n) is 2.04. The van der Waals surface area contributed by atoms with Crippen molar-refractivity contribution >= 4 is 23.7 Å². The minimum Gasteiger partial charge on any atom is -0.441 e. The third-order valence-electron chi connectivity index (χ3n) is 3.13. The zero-order valence-electron chi connectivity index (χ0n) is 11.2. The summed E-state index contributed by atoms with van der Waals surface area (Å²) >= 11 is 4.20. The second kappa shape index (κ2) is 5.33. The molecule has 0 saturated heterocycles. The summed E-state index contributed by atoms with van der Waals surface area (Å²) in [4.78, 5) is 4.32. The predicted molar refractivity (Wildman–Crippen MR) is 78.5 cm³/mol. The van der Waals surface area contributed by atoms with E-state index in [2.05, 4.69) is 48.9 Å². The lowest BCUT2D eigenvalue weighted by atomic mass is 9.84. The molecule has 1 aromatic carbocycles. The number of nitrogens with one attached hydrogen (secondary N) is 1. The topological polar surface area (TPSA) is 38.1 Å². The number of aromatic nitrogens is 1. The Morgan fingerprint density at radius 3 is 2.89 bits per heavy atom. The highest BCUT2D eigenvalue weighted by molar-refractivity contribution is 7.80. The molecule has 0 amide bonds. The summed E-state index contributed by atoms with van der Waals surface area (Å²) in [6, 6.07) is 6.26. The molecule has 1 aromatic heterocycles. The molecule has 2 rings (SSSR count). The number of thiol groups is 1. The average molecular weight is 264 g/mol. The summed E-state index contributed by atoms with van der Waals surface area (Å²) in [5, 5.41) is 3.40. The summed E-state index contributed by atoms with van der Waals surface area (Å²) < 4.78 is 5.59. The van der Waals surface area contributed by atoms with Crippen LogP contribution >= 0.6 is 12.6 Å². The molecule has 98 valence electrons. The normalized spacial score (nSPS) is 12.2. The number of nitrogens with zero attached hydrogens (tertiary/aromatic N) is 1. The lowest BCUT2D eigenvalue weighted by molar-refractivity contribution is 0.478. The zero-order chi connectivity index (χ0) is 13.2. The molecule has 2 aromatic rings. The van der Waals surface area contributed by atoms with Crippen LogP contribution in [0.1, 0.15) is 25.3 Å². The van der Waals surface area contributed by atoms with Gasteiger partial charge in [-0.2, -0.15) is 12.6 Å². The fourth-order valence-corrected chi connectivity index (χ4v) is 2.20. The first-order valence-electron chi connectivity index (χ1n) is 6.22. The lowest BCUT2D eigenvalue weighted by Gasteiger charge is -2.25. The van der Waals surface area contributed by atoms with Crippen LogP contribution in [0.4, 0.5) is 0 Å². The first kappa shape index (κ1) is 13.4. The monoisotopic (exact) mass is 264 g/mol. The Bertz CT molecular complexity index is 534. The van der Waals surface area contributed by atoms with Crippen molar-refractivity contribution in [3.05, 3.63) is 29.7 Å². The van der Waals surface area contributed by atoms with Crippen molar-refractivity contribution in [2.75, 3.05) is 18.8 Å². The number of fused-ring (bicyclic) bond motifs is 1. The first-order chi connectivity index (χ1) is 8.53. The van der Waals surface area contributed by atoms with Crippen molar-refractivity contribution in [2.45, 2.75) is 26.2 Å². The molecule has 0 aliphatic carbocycles. The van der Waals surface area contributed by atoms with Crippen molar-refractivity contribution in [1.82, 2.24) is 10.3 Å². The molecule has 18 heavy (non-hydrogen) atoms. The van der Waals surface area contributed by atoms with Gasteiger partial charge in [0.1, 0.15) is 5.52 Å². The highest BCUT2D eigenvalue weighted by atomic mass is 32.1. The van der Waals surface area contributed by atoms with Gasteiger partial charge in [0.25, 0.3) is 0 Å². The molecule has 4 heteroatoms. The molecule has 0 unspecified atom stereocenters. The standard InChI is InChI=1S/C14H20N2OS/c1-10-16-12-5-4-11(8-13(12)17-10)14(2,3)9-15-6-7-18/h4-5,8,15,18H,6-7,9H2,1-3H3. The van der Waals surface area contributed by atoms with Gasteiger partial charge < -0.3 is 9.73 Å². The second-order valence-corrected chi connectivity index (χ2v) is 5.65. The first-order valence-corrected chi connectivity index (χ1v) is 6.85. The molecule has 0 fully saturated rings. The van der Waals surface area contributed by atoms with Gasteiger partial charge in [0.05, 0.1) is 0 Å². The van der Waals surface area contributed by atoms with Crippen molar-refractivity contribution in [2.24, 2.45) is 0 Å². The largest absolute Gasteiger partial charge is 0.441 e. The summed E-state index contributed by atoms with van der Waals surface area (Å²) in [6.07, 6.45) is 0. The van der Waals surface area contributed by atoms with Gasteiger partial charge in [0.2, 0.25) is 0 Å². The van der Waals surface area contributed by atoms with Crippen molar-refractivity contribution < 1.29 is 4.42 Å². The van der Waals surface area contributed by atoms with E-state index in [9.17, 15) is 0 Å².